The molecule has 118 valence electrons. The molecule has 1 saturated heterocycles. The van der Waals surface area contributed by atoms with Crippen LogP contribution < -0.4 is 10.1 Å². The summed E-state index contributed by atoms with van der Waals surface area (Å²) in [6, 6.07) is 5.94. The van der Waals surface area contributed by atoms with Crippen molar-refractivity contribution in [1.29, 1.82) is 0 Å². The normalized spacial score (nSPS) is 19.7. The lowest BCUT2D eigenvalue weighted by atomic mass is 10.2. The Morgan fingerprint density at radius 1 is 1.43 bits per heavy atom. The van der Waals surface area contributed by atoms with Gasteiger partial charge in [-0.2, -0.15) is 0 Å². The standard InChI is InChI=1S/C16H25ClN2O2/c1-3-18-10-13-5-6-16(15(17)9-13)21-12-14-11-19(4-2)7-8-20-14/h5-6,9,14,18H,3-4,7-8,10-12H2,1-2H3. The SMILES string of the molecule is CCNCc1ccc(OCC2CN(CC)CCO2)c(Cl)c1. The van der Waals surface area contributed by atoms with E-state index in [2.05, 4.69) is 24.1 Å². The second-order valence-electron chi connectivity index (χ2n) is 5.24. The summed E-state index contributed by atoms with van der Waals surface area (Å²) in [5, 5.41) is 3.94. The van der Waals surface area contributed by atoms with Gasteiger partial charge in [0.2, 0.25) is 0 Å². The summed E-state index contributed by atoms with van der Waals surface area (Å²) in [6.07, 6.45) is 0.121. The smallest absolute Gasteiger partial charge is 0.138 e. The Bertz CT molecular complexity index is 442. The molecule has 0 aromatic heterocycles. The second kappa shape index (κ2) is 8.59. The highest BCUT2D eigenvalue weighted by Crippen LogP contribution is 2.26. The van der Waals surface area contributed by atoms with Crippen molar-refractivity contribution in [2.75, 3.05) is 39.4 Å². The number of morpholine rings is 1. The van der Waals surface area contributed by atoms with Gasteiger partial charge in [-0.15, -0.1) is 0 Å². The van der Waals surface area contributed by atoms with Gasteiger partial charge in [0.05, 0.1) is 11.6 Å². The highest BCUT2D eigenvalue weighted by Gasteiger charge is 2.20. The average molecular weight is 313 g/mol. The van der Waals surface area contributed by atoms with Gasteiger partial charge in [0.1, 0.15) is 18.5 Å². The van der Waals surface area contributed by atoms with Gasteiger partial charge in [-0.05, 0) is 30.8 Å². The molecule has 1 heterocycles. The molecule has 1 unspecified atom stereocenters. The Morgan fingerprint density at radius 2 is 2.29 bits per heavy atom. The summed E-state index contributed by atoms with van der Waals surface area (Å²) >= 11 is 6.28. The Labute approximate surface area is 132 Å². The first kappa shape index (κ1) is 16.6. The van der Waals surface area contributed by atoms with Crippen molar-refractivity contribution >= 4 is 11.6 Å². The third-order valence-corrected chi connectivity index (χ3v) is 3.97. The molecule has 1 aromatic carbocycles. The number of likely N-dealkylation sites (N-methyl/N-ethyl adjacent to an activating group) is 1. The minimum absolute atomic E-state index is 0.121. The van der Waals surface area contributed by atoms with Crippen molar-refractivity contribution in [2.45, 2.75) is 26.5 Å². The highest BCUT2D eigenvalue weighted by molar-refractivity contribution is 6.32. The summed E-state index contributed by atoms with van der Waals surface area (Å²) in [6.45, 7) is 10.3. The summed E-state index contributed by atoms with van der Waals surface area (Å²) in [5.41, 5.74) is 1.17. The molecule has 4 nitrogen and oxygen atoms in total. The molecule has 1 atom stereocenters. The van der Waals surface area contributed by atoms with Crippen LogP contribution in [0, 0.1) is 0 Å². The number of benzene rings is 1. The van der Waals surface area contributed by atoms with Crippen LogP contribution in [0.25, 0.3) is 0 Å². The minimum Gasteiger partial charge on any atom is -0.489 e. The lowest BCUT2D eigenvalue weighted by Crippen LogP contribution is -2.44. The van der Waals surface area contributed by atoms with E-state index in [1.165, 1.54) is 5.56 Å². The number of ether oxygens (including phenoxy) is 2. The van der Waals surface area contributed by atoms with Crippen molar-refractivity contribution in [2.24, 2.45) is 0 Å². The molecule has 1 fully saturated rings. The van der Waals surface area contributed by atoms with E-state index in [-0.39, 0.29) is 6.10 Å². The summed E-state index contributed by atoms with van der Waals surface area (Å²) in [7, 11) is 0. The van der Waals surface area contributed by atoms with E-state index in [0.29, 0.717) is 11.6 Å². The number of hydrogen-bond donors (Lipinski definition) is 1. The Balaban J connectivity index is 1.85. The fourth-order valence-electron chi connectivity index (χ4n) is 2.39. The fraction of sp³-hybridized carbons (Fsp3) is 0.625. The fourth-order valence-corrected chi connectivity index (χ4v) is 2.65. The molecule has 1 N–H and O–H groups in total. The molecular weight excluding hydrogens is 288 g/mol. The molecule has 0 aliphatic carbocycles. The molecule has 21 heavy (non-hydrogen) atoms. The first-order chi connectivity index (χ1) is 10.2. The van der Waals surface area contributed by atoms with Crippen LogP contribution in [-0.4, -0.2) is 50.4 Å². The van der Waals surface area contributed by atoms with Gasteiger partial charge in [-0.25, -0.2) is 0 Å². The van der Waals surface area contributed by atoms with Gasteiger partial charge in [0.15, 0.2) is 0 Å². The third kappa shape index (κ3) is 5.15. The van der Waals surface area contributed by atoms with E-state index < -0.39 is 0 Å². The van der Waals surface area contributed by atoms with Crippen LogP contribution in [0.5, 0.6) is 5.75 Å². The summed E-state index contributed by atoms with van der Waals surface area (Å²) in [4.78, 5) is 2.37. The number of nitrogens with zero attached hydrogens (tertiary/aromatic N) is 1. The topological polar surface area (TPSA) is 33.7 Å². The van der Waals surface area contributed by atoms with Crippen molar-refractivity contribution in [3.63, 3.8) is 0 Å². The van der Waals surface area contributed by atoms with Crippen LogP contribution in [0.2, 0.25) is 5.02 Å². The Morgan fingerprint density at radius 3 is 3.00 bits per heavy atom. The molecule has 0 radical (unpaired) electrons. The predicted octanol–water partition coefficient (Wildman–Crippen LogP) is 2.55. The lowest BCUT2D eigenvalue weighted by molar-refractivity contribution is -0.0463. The molecular formula is C16H25ClN2O2. The molecule has 0 bridgehead atoms. The van der Waals surface area contributed by atoms with Crippen LogP contribution in [-0.2, 0) is 11.3 Å². The van der Waals surface area contributed by atoms with E-state index in [4.69, 9.17) is 21.1 Å². The summed E-state index contributed by atoms with van der Waals surface area (Å²) in [5.74, 6) is 0.731. The first-order valence-electron chi connectivity index (χ1n) is 7.68. The number of hydrogen-bond acceptors (Lipinski definition) is 4. The maximum Gasteiger partial charge on any atom is 0.138 e. The zero-order valence-electron chi connectivity index (χ0n) is 12.9. The van der Waals surface area contributed by atoms with Crippen LogP contribution in [0.4, 0.5) is 0 Å². The molecule has 5 heteroatoms. The predicted molar refractivity (Wildman–Crippen MR) is 86.2 cm³/mol. The number of rotatable bonds is 7. The largest absolute Gasteiger partial charge is 0.489 e. The van der Waals surface area contributed by atoms with Crippen LogP contribution in [0.3, 0.4) is 0 Å². The number of nitrogens with one attached hydrogen (secondary N) is 1. The third-order valence-electron chi connectivity index (χ3n) is 3.67. The average Bonchev–Trinajstić information content (AvgIpc) is 2.52. The van der Waals surface area contributed by atoms with E-state index in [0.717, 1.165) is 45.1 Å². The van der Waals surface area contributed by atoms with Gasteiger partial charge in [0, 0.05) is 19.6 Å². The molecule has 2 rings (SSSR count). The van der Waals surface area contributed by atoms with Gasteiger partial charge >= 0.3 is 0 Å². The van der Waals surface area contributed by atoms with E-state index in [1.54, 1.807) is 0 Å². The van der Waals surface area contributed by atoms with Crippen molar-refractivity contribution in [3.05, 3.63) is 28.8 Å². The molecule has 1 aromatic rings. The second-order valence-corrected chi connectivity index (χ2v) is 5.65. The zero-order chi connectivity index (χ0) is 15.1. The van der Waals surface area contributed by atoms with E-state index >= 15 is 0 Å². The Kier molecular flexibility index (Phi) is 6.77. The molecule has 0 spiro atoms. The van der Waals surface area contributed by atoms with Gasteiger partial charge < -0.3 is 14.8 Å². The van der Waals surface area contributed by atoms with E-state index in [9.17, 15) is 0 Å². The van der Waals surface area contributed by atoms with Crippen LogP contribution in [0.15, 0.2) is 18.2 Å². The monoisotopic (exact) mass is 312 g/mol. The van der Waals surface area contributed by atoms with Crippen molar-refractivity contribution in [3.8, 4) is 5.75 Å². The zero-order valence-corrected chi connectivity index (χ0v) is 13.7. The minimum atomic E-state index is 0.121. The van der Waals surface area contributed by atoms with Gasteiger partial charge in [-0.1, -0.05) is 31.5 Å². The van der Waals surface area contributed by atoms with Crippen LogP contribution >= 0.6 is 11.6 Å². The highest BCUT2D eigenvalue weighted by atomic mass is 35.5. The van der Waals surface area contributed by atoms with E-state index in [1.807, 2.05) is 18.2 Å². The first-order valence-corrected chi connectivity index (χ1v) is 8.06. The summed E-state index contributed by atoms with van der Waals surface area (Å²) < 4.78 is 11.6. The van der Waals surface area contributed by atoms with Crippen molar-refractivity contribution in [1.82, 2.24) is 10.2 Å². The lowest BCUT2D eigenvalue weighted by Gasteiger charge is -2.31. The van der Waals surface area contributed by atoms with Crippen molar-refractivity contribution < 1.29 is 9.47 Å². The maximum absolute atomic E-state index is 6.28. The quantitative estimate of drug-likeness (QED) is 0.839. The molecule has 1 aliphatic heterocycles. The number of halogens is 1. The molecule has 1 aliphatic rings. The maximum atomic E-state index is 6.28. The molecule has 0 amide bonds. The Hall–Kier alpha value is -0.810. The van der Waals surface area contributed by atoms with Gasteiger partial charge in [0.25, 0.3) is 0 Å². The van der Waals surface area contributed by atoms with Crippen LogP contribution in [0.1, 0.15) is 19.4 Å². The van der Waals surface area contributed by atoms with Gasteiger partial charge in [-0.3, -0.25) is 4.90 Å². The molecule has 0 saturated carbocycles.